The van der Waals surface area contributed by atoms with Crippen LogP contribution in [0.15, 0.2) is 0 Å². The second-order valence-electron chi connectivity index (χ2n) is 5.62. The van der Waals surface area contributed by atoms with E-state index in [1.807, 2.05) is 0 Å². The summed E-state index contributed by atoms with van der Waals surface area (Å²) < 4.78 is 22.8. The van der Waals surface area contributed by atoms with Gasteiger partial charge < -0.3 is 18.9 Å². The maximum atomic E-state index is 11.1. The van der Waals surface area contributed by atoms with Crippen LogP contribution in [0.5, 0.6) is 0 Å². The van der Waals surface area contributed by atoms with Crippen molar-refractivity contribution in [3.63, 3.8) is 0 Å². The number of carbonyl (C=O) groups excluding carboxylic acids is 1. The van der Waals surface area contributed by atoms with Crippen LogP contribution in [0.4, 0.5) is 0 Å². The van der Waals surface area contributed by atoms with Crippen LogP contribution in [0.3, 0.4) is 0 Å². The molecular formula is C12H16O5. The molecule has 0 aromatic carbocycles. The molecule has 2 bridgehead atoms. The van der Waals surface area contributed by atoms with Crippen molar-refractivity contribution < 1.29 is 23.7 Å². The Bertz CT molecular complexity index is 381. The third-order valence-corrected chi connectivity index (χ3v) is 4.81. The Labute approximate surface area is 99.3 Å². The largest absolute Gasteiger partial charge is 0.433 e. The van der Waals surface area contributed by atoms with Gasteiger partial charge in [0, 0.05) is 18.8 Å². The van der Waals surface area contributed by atoms with E-state index < -0.39 is 6.29 Å². The molecule has 17 heavy (non-hydrogen) atoms. The van der Waals surface area contributed by atoms with E-state index >= 15 is 0 Å². The lowest BCUT2D eigenvalue weighted by molar-refractivity contribution is -0.336. The first kappa shape index (κ1) is 10.3. The molecule has 1 aliphatic carbocycles. The van der Waals surface area contributed by atoms with E-state index in [9.17, 15) is 4.79 Å². The Kier molecular flexibility index (Phi) is 1.83. The molecule has 4 fully saturated rings. The minimum Gasteiger partial charge on any atom is -0.433 e. The number of rotatable bonds is 1. The van der Waals surface area contributed by atoms with E-state index in [0.717, 1.165) is 25.9 Å². The minimum absolute atomic E-state index is 0.108. The third kappa shape index (κ3) is 1.08. The third-order valence-electron chi connectivity index (χ3n) is 4.81. The van der Waals surface area contributed by atoms with Crippen LogP contribution in [0.1, 0.15) is 32.6 Å². The van der Waals surface area contributed by atoms with Gasteiger partial charge >= 0.3 is 5.97 Å². The fraction of sp³-hybridized carbons (Fsp3) is 0.917. The minimum atomic E-state index is -0.589. The standard InChI is InChI=1S/C12H16O5/c1-7(13)15-10-9-12-4-2-3-11(12,6-14-9)5-8(16-10)17-12/h8-10H,2-6H2,1H3/t8-,9?,10-,11+,12-/m1/s1. The van der Waals surface area contributed by atoms with E-state index in [2.05, 4.69) is 0 Å². The molecule has 1 spiro atoms. The summed E-state index contributed by atoms with van der Waals surface area (Å²) in [6.07, 6.45) is 3.12. The fourth-order valence-corrected chi connectivity index (χ4v) is 4.22. The van der Waals surface area contributed by atoms with Crippen molar-refractivity contribution in [1.82, 2.24) is 0 Å². The molecule has 1 saturated carbocycles. The summed E-state index contributed by atoms with van der Waals surface area (Å²) in [5.74, 6) is -0.327. The van der Waals surface area contributed by atoms with Gasteiger partial charge in [0.15, 0.2) is 6.29 Å². The van der Waals surface area contributed by atoms with E-state index in [1.54, 1.807) is 0 Å². The second-order valence-corrected chi connectivity index (χ2v) is 5.62. The van der Waals surface area contributed by atoms with E-state index in [4.69, 9.17) is 18.9 Å². The summed E-state index contributed by atoms with van der Waals surface area (Å²) in [6, 6.07) is 0. The topological polar surface area (TPSA) is 54.0 Å². The van der Waals surface area contributed by atoms with Crippen molar-refractivity contribution in [2.45, 2.75) is 56.9 Å². The van der Waals surface area contributed by atoms with Crippen LogP contribution in [0.2, 0.25) is 0 Å². The average molecular weight is 240 g/mol. The summed E-state index contributed by atoms with van der Waals surface area (Å²) in [4.78, 5) is 11.1. The van der Waals surface area contributed by atoms with Gasteiger partial charge in [-0.2, -0.15) is 0 Å². The zero-order chi connectivity index (χ0) is 11.7. The lowest BCUT2D eigenvalue weighted by Crippen LogP contribution is -2.55. The lowest BCUT2D eigenvalue weighted by Gasteiger charge is -2.41. The maximum absolute atomic E-state index is 11.1. The van der Waals surface area contributed by atoms with Gasteiger partial charge in [-0.25, -0.2) is 0 Å². The Morgan fingerprint density at radius 2 is 2.29 bits per heavy atom. The number of esters is 1. The van der Waals surface area contributed by atoms with Crippen LogP contribution in [0, 0.1) is 5.41 Å². The smallest absolute Gasteiger partial charge is 0.305 e. The summed E-state index contributed by atoms with van der Waals surface area (Å²) in [7, 11) is 0. The highest BCUT2D eigenvalue weighted by molar-refractivity contribution is 5.66. The van der Waals surface area contributed by atoms with Crippen molar-refractivity contribution in [2.75, 3.05) is 6.61 Å². The van der Waals surface area contributed by atoms with Crippen molar-refractivity contribution in [1.29, 1.82) is 0 Å². The molecule has 0 N–H and O–H groups in total. The molecule has 4 rings (SSSR count). The molecule has 4 aliphatic rings. The number of ether oxygens (including phenoxy) is 4. The van der Waals surface area contributed by atoms with Crippen molar-refractivity contribution >= 4 is 5.97 Å². The summed E-state index contributed by atoms with van der Waals surface area (Å²) in [5.41, 5.74) is -0.146. The molecule has 94 valence electrons. The first-order valence-corrected chi connectivity index (χ1v) is 6.27. The zero-order valence-corrected chi connectivity index (χ0v) is 9.81. The lowest BCUT2D eigenvalue weighted by atomic mass is 9.74. The number of fused-ring (bicyclic) bond motifs is 1. The average Bonchev–Trinajstić information content (AvgIpc) is 2.72. The Morgan fingerprint density at radius 1 is 1.41 bits per heavy atom. The molecule has 5 nitrogen and oxygen atoms in total. The predicted molar refractivity (Wildman–Crippen MR) is 54.9 cm³/mol. The van der Waals surface area contributed by atoms with Crippen molar-refractivity contribution in [3.05, 3.63) is 0 Å². The van der Waals surface area contributed by atoms with Gasteiger partial charge in [-0.1, -0.05) is 0 Å². The summed E-state index contributed by atoms with van der Waals surface area (Å²) >= 11 is 0. The zero-order valence-electron chi connectivity index (χ0n) is 9.81. The van der Waals surface area contributed by atoms with Crippen molar-refractivity contribution in [3.8, 4) is 0 Å². The highest BCUT2D eigenvalue weighted by Crippen LogP contribution is 2.65. The Morgan fingerprint density at radius 3 is 3.12 bits per heavy atom. The van der Waals surface area contributed by atoms with Crippen LogP contribution < -0.4 is 0 Å². The van der Waals surface area contributed by atoms with E-state index in [0.29, 0.717) is 0 Å². The van der Waals surface area contributed by atoms with Crippen LogP contribution in [-0.2, 0) is 23.7 Å². The maximum Gasteiger partial charge on any atom is 0.305 e. The Balaban J connectivity index is 1.72. The van der Waals surface area contributed by atoms with Gasteiger partial charge in [-0.3, -0.25) is 4.79 Å². The normalized spacial score (nSPS) is 54.8. The van der Waals surface area contributed by atoms with Gasteiger partial charge in [0.25, 0.3) is 0 Å². The van der Waals surface area contributed by atoms with Crippen molar-refractivity contribution in [2.24, 2.45) is 5.41 Å². The molecule has 1 unspecified atom stereocenters. The van der Waals surface area contributed by atoms with Gasteiger partial charge in [0.05, 0.1) is 6.61 Å². The molecule has 3 aliphatic heterocycles. The van der Waals surface area contributed by atoms with Crippen LogP contribution >= 0.6 is 0 Å². The molecule has 0 amide bonds. The van der Waals surface area contributed by atoms with Gasteiger partial charge in [0.2, 0.25) is 6.29 Å². The molecule has 3 heterocycles. The number of carbonyl (C=O) groups is 1. The quantitative estimate of drug-likeness (QED) is 0.639. The fourth-order valence-electron chi connectivity index (χ4n) is 4.22. The Hall–Kier alpha value is -0.650. The molecule has 3 saturated heterocycles. The number of hydrogen-bond donors (Lipinski definition) is 0. The molecule has 5 heteroatoms. The molecule has 0 aromatic heterocycles. The molecule has 0 aromatic rings. The predicted octanol–water partition coefficient (Wildman–Crippen LogP) is 0.960. The van der Waals surface area contributed by atoms with E-state index in [-0.39, 0.29) is 29.4 Å². The molecule has 5 atom stereocenters. The van der Waals surface area contributed by atoms with E-state index in [1.165, 1.54) is 13.3 Å². The van der Waals surface area contributed by atoms with Gasteiger partial charge in [-0.15, -0.1) is 0 Å². The van der Waals surface area contributed by atoms with Gasteiger partial charge in [-0.05, 0) is 19.3 Å². The number of hydrogen-bond acceptors (Lipinski definition) is 5. The monoisotopic (exact) mass is 240 g/mol. The van der Waals surface area contributed by atoms with Gasteiger partial charge in [0.1, 0.15) is 11.7 Å². The molecule has 0 radical (unpaired) electrons. The van der Waals surface area contributed by atoms with Crippen LogP contribution in [0.25, 0.3) is 0 Å². The second kappa shape index (κ2) is 3.02. The highest BCUT2D eigenvalue weighted by atomic mass is 16.8. The highest BCUT2D eigenvalue weighted by Gasteiger charge is 2.75. The van der Waals surface area contributed by atoms with Crippen LogP contribution in [-0.4, -0.2) is 36.9 Å². The SMILES string of the molecule is CC(=O)O[C@@H]1O[C@H]2C[C@]34CCC[C@@]3(O2)C1OC4. The first-order chi connectivity index (χ1) is 8.15. The summed E-state index contributed by atoms with van der Waals surface area (Å²) in [6.45, 7) is 2.12. The molecular weight excluding hydrogens is 224 g/mol. The first-order valence-electron chi connectivity index (χ1n) is 6.27. The summed E-state index contributed by atoms with van der Waals surface area (Å²) in [5, 5.41) is 0.